The number of nitrogens with two attached hydrogens (primary N) is 1. The van der Waals surface area contributed by atoms with Gasteiger partial charge in [0.25, 0.3) is 0 Å². The zero-order valence-electron chi connectivity index (χ0n) is 13.2. The van der Waals surface area contributed by atoms with Gasteiger partial charge < -0.3 is 5.32 Å². The SMILES string of the molecule is C[C@@H](CCc1ccccc1)[NH2+]Cc1cccc2ccccc12. The van der Waals surface area contributed by atoms with E-state index >= 15 is 0 Å². The maximum absolute atomic E-state index is 2.46. The fraction of sp³-hybridized carbons (Fsp3) is 0.238. The van der Waals surface area contributed by atoms with Gasteiger partial charge in [-0.15, -0.1) is 0 Å². The number of hydrogen-bond donors (Lipinski definition) is 1. The number of benzene rings is 3. The van der Waals surface area contributed by atoms with Crippen molar-refractivity contribution in [2.45, 2.75) is 32.4 Å². The van der Waals surface area contributed by atoms with E-state index in [9.17, 15) is 0 Å². The van der Waals surface area contributed by atoms with Crippen LogP contribution in [-0.2, 0) is 13.0 Å². The Morgan fingerprint density at radius 3 is 2.41 bits per heavy atom. The van der Waals surface area contributed by atoms with Crippen LogP contribution in [0.25, 0.3) is 10.8 Å². The lowest BCUT2D eigenvalue weighted by Gasteiger charge is -2.12. The van der Waals surface area contributed by atoms with Crippen LogP contribution < -0.4 is 5.32 Å². The summed E-state index contributed by atoms with van der Waals surface area (Å²) >= 11 is 0. The molecule has 0 aromatic heterocycles. The topological polar surface area (TPSA) is 16.6 Å². The van der Waals surface area contributed by atoms with Gasteiger partial charge in [-0.1, -0.05) is 72.8 Å². The highest BCUT2D eigenvalue weighted by Crippen LogP contribution is 2.17. The Morgan fingerprint density at radius 1 is 0.818 bits per heavy atom. The molecule has 112 valence electrons. The Morgan fingerprint density at radius 2 is 1.55 bits per heavy atom. The number of hydrogen-bond acceptors (Lipinski definition) is 0. The number of fused-ring (bicyclic) bond motifs is 1. The second kappa shape index (κ2) is 7.24. The molecule has 1 nitrogen and oxygen atoms in total. The van der Waals surface area contributed by atoms with Crippen LogP contribution in [0.3, 0.4) is 0 Å². The van der Waals surface area contributed by atoms with Crippen molar-refractivity contribution < 1.29 is 5.32 Å². The molecule has 1 atom stereocenters. The van der Waals surface area contributed by atoms with E-state index in [0.717, 1.165) is 13.0 Å². The number of rotatable bonds is 6. The van der Waals surface area contributed by atoms with Crippen molar-refractivity contribution in [2.24, 2.45) is 0 Å². The van der Waals surface area contributed by atoms with E-state index in [1.54, 1.807) is 0 Å². The fourth-order valence-electron chi connectivity index (χ4n) is 2.96. The quantitative estimate of drug-likeness (QED) is 0.708. The zero-order chi connectivity index (χ0) is 15.2. The maximum Gasteiger partial charge on any atom is 0.102 e. The molecule has 0 aliphatic rings. The molecule has 3 rings (SSSR count). The molecule has 0 aliphatic carbocycles. The Kier molecular flexibility index (Phi) is 4.87. The minimum Gasteiger partial charge on any atom is -0.340 e. The van der Waals surface area contributed by atoms with Crippen LogP contribution in [0.1, 0.15) is 24.5 Å². The van der Waals surface area contributed by atoms with Crippen LogP contribution in [0.15, 0.2) is 72.8 Å². The monoisotopic (exact) mass is 290 g/mol. The molecule has 2 N–H and O–H groups in total. The van der Waals surface area contributed by atoms with Gasteiger partial charge in [-0.25, -0.2) is 0 Å². The summed E-state index contributed by atoms with van der Waals surface area (Å²) in [6, 6.07) is 26.7. The first kappa shape index (κ1) is 14.8. The molecule has 0 saturated carbocycles. The molecule has 3 aromatic rings. The Hall–Kier alpha value is -2.12. The van der Waals surface area contributed by atoms with Gasteiger partial charge in [-0.3, -0.25) is 0 Å². The molecular weight excluding hydrogens is 266 g/mol. The zero-order valence-corrected chi connectivity index (χ0v) is 13.2. The smallest absolute Gasteiger partial charge is 0.102 e. The second-order valence-corrected chi connectivity index (χ2v) is 6.08. The summed E-state index contributed by atoms with van der Waals surface area (Å²) in [5.41, 5.74) is 2.87. The maximum atomic E-state index is 2.46. The molecular formula is C21H24N+. The van der Waals surface area contributed by atoms with Crippen molar-refractivity contribution in [3.05, 3.63) is 83.9 Å². The average molecular weight is 290 g/mol. The molecule has 0 aliphatic heterocycles. The highest BCUT2D eigenvalue weighted by atomic mass is 14.9. The van der Waals surface area contributed by atoms with Gasteiger partial charge in [0.05, 0.1) is 6.04 Å². The number of aryl methyl sites for hydroxylation is 1. The first-order valence-electron chi connectivity index (χ1n) is 8.17. The fourth-order valence-corrected chi connectivity index (χ4v) is 2.96. The van der Waals surface area contributed by atoms with Crippen molar-refractivity contribution >= 4 is 10.8 Å². The Labute approximate surface area is 133 Å². The molecule has 0 heterocycles. The van der Waals surface area contributed by atoms with E-state index in [4.69, 9.17) is 0 Å². The standard InChI is InChI=1S/C21H23N/c1-17(14-15-18-8-3-2-4-9-18)22-16-20-12-7-11-19-10-5-6-13-21(19)20/h2-13,17,22H,14-16H2,1H3/p+1/t17-/m0/s1. The van der Waals surface area contributed by atoms with Gasteiger partial charge >= 0.3 is 0 Å². The largest absolute Gasteiger partial charge is 0.340 e. The summed E-state index contributed by atoms with van der Waals surface area (Å²) < 4.78 is 0. The lowest BCUT2D eigenvalue weighted by atomic mass is 10.0. The van der Waals surface area contributed by atoms with Gasteiger partial charge in [-0.05, 0) is 29.7 Å². The van der Waals surface area contributed by atoms with Crippen molar-refractivity contribution in [1.82, 2.24) is 0 Å². The van der Waals surface area contributed by atoms with E-state index in [1.807, 2.05) is 0 Å². The van der Waals surface area contributed by atoms with E-state index in [0.29, 0.717) is 6.04 Å². The van der Waals surface area contributed by atoms with Crippen LogP contribution in [0.5, 0.6) is 0 Å². The van der Waals surface area contributed by atoms with E-state index in [2.05, 4.69) is 85.0 Å². The molecule has 0 amide bonds. The third-order valence-corrected chi connectivity index (χ3v) is 4.35. The van der Waals surface area contributed by atoms with Crippen LogP contribution >= 0.6 is 0 Å². The average Bonchev–Trinajstić information content (AvgIpc) is 2.59. The third kappa shape index (κ3) is 3.75. The molecule has 0 saturated heterocycles. The van der Waals surface area contributed by atoms with Crippen LogP contribution in [0.4, 0.5) is 0 Å². The van der Waals surface area contributed by atoms with Crippen molar-refractivity contribution in [3.63, 3.8) is 0 Å². The Bertz CT molecular complexity index is 713. The van der Waals surface area contributed by atoms with Crippen molar-refractivity contribution in [1.29, 1.82) is 0 Å². The minimum atomic E-state index is 0.638. The highest BCUT2D eigenvalue weighted by Gasteiger charge is 2.07. The summed E-state index contributed by atoms with van der Waals surface area (Å²) in [6.45, 7) is 3.38. The first-order valence-corrected chi connectivity index (χ1v) is 8.17. The van der Waals surface area contributed by atoms with Gasteiger partial charge in [0.2, 0.25) is 0 Å². The first-order chi connectivity index (χ1) is 10.8. The lowest BCUT2D eigenvalue weighted by Crippen LogP contribution is -2.87. The second-order valence-electron chi connectivity index (χ2n) is 6.08. The highest BCUT2D eigenvalue weighted by molar-refractivity contribution is 5.85. The summed E-state index contributed by atoms with van der Waals surface area (Å²) in [5, 5.41) is 5.19. The van der Waals surface area contributed by atoms with Gasteiger partial charge in [-0.2, -0.15) is 0 Å². The van der Waals surface area contributed by atoms with Gasteiger partial charge in [0.1, 0.15) is 6.54 Å². The Balaban J connectivity index is 1.57. The molecule has 0 unspecified atom stereocenters. The van der Waals surface area contributed by atoms with E-state index in [-0.39, 0.29) is 0 Å². The molecule has 1 heteroatoms. The minimum absolute atomic E-state index is 0.638. The molecule has 22 heavy (non-hydrogen) atoms. The van der Waals surface area contributed by atoms with Crippen LogP contribution in [0.2, 0.25) is 0 Å². The summed E-state index contributed by atoms with van der Waals surface area (Å²) in [5.74, 6) is 0. The third-order valence-electron chi connectivity index (χ3n) is 4.35. The van der Waals surface area contributed by atoms with E-state index < -0.39 is 0 Å². The van der Waals surface area contributed by atoms with Crippen LogP contribution in [0, 0.1) is 0 Å². The van der Waals surface area contributed by atoms with Gasteiger partial charge in [0, 0.05) is 12.0 Å². The summed E-state index contributed by atoms with van der Waals surface area (Å²) in [6.07, 6.45) is 2.38. The summed E-state index contributed by atoms with van der Waals surface area (Å²) in [4.78, 5) is 0. The molecule has 0 fully saturated rings. The van der Waals surface area contributed by atoms with Crippen LogP contribution in [-0.4, -0.2) is 6.04 Å². The lowest BCUT2D eigenvalue weighted by molar-refractivity contribution is -0.701. The molecule has 0 bridgehead atoms. The predicted octanol–water partition coefficient (Wildman–Crippen LogP) is 3.92. The van der Waals surface area contributed by atoms with Crippen molar-refractivity contribution in [2.75, 3.05) is 0 Å². The molecule has 3 aromatic carbocycles. The molecule has 0 radical (unpaired) electrons. The number of quaternary nitrogens is 1. The van der Waals surface area contributed by atoms with Crippen molar-refractivity contribution in [3.8, 4) is 0 Å². The summed E-state index contributed by atoms with van der Waals surface area (Å²) in [7, 11) is 0. The predicted molar refractivity (Wildman–Crippen MR) is 93.8 cm³/mol. The normalized spacial score (nSPS) is 12.4. The van der Waals surface area contributed by atoms with E-state index in [1.165, 1.54) is 28.3 Å². The van der Waals surface area contributed by atoms with Gasteiger partial charge in [0.15, 0.2) is 0 Å². The molecule has 0 spiro atoms.